The molecule has 0 spiro atoms. The van der Waals surface area contributed by atoms with Crippen LogP contribution in [-0.2, 0) is 19.3 Å². The van der Waals surface area contributed by atoms with Crippen LogP contribution in [0.3, 0.4) is 0 Å². The first-order valence-electron chi connectivity index (χ1n) is 10.7. The minimum atomic E-state index is 0.758. The summed E-state index contributed by atoms with van der Waals surface area (Å²) < 4.78 is 6.10. The second kappa shape index (κ2) is 11.3. The van der Waals surface area contributed by atoms with Crippen molar-refractivity contribution in [3.63, 3.8) is 0 Å². The molecule has 0 fully saturated rings. The fraction of sp³-hybridized carbons (Fsp3) is 0.333. The van der Waals surface area contributed by atoms with Gasteiger partial charge in [0.05, 0.1) is 6.61 Å². The van der Waals surface area contributed by atoms with E-state index in [1.165, 1.54) is 49.0 Å². The molecule has 0 atom stereocenters. The van der Waals surface area contributed by atoms with Crippen LogP contribution in [0.1, 0.15) is 55.5 Å². The van der Waals surface area contributed by atoms with E-state index in [9.17, 15) is 0 Å². The zero-order valence-corrected chi connectivity index (χ0v) is 19.8. The fourth-order valence-electron chi connectivity index (χ4n) is 3.59. The zero-order chi connectivity index (χ0) is 21.3. The van der Waals surface area contributed by atoms with E-state index in [-0.39, 0.29) is 0 Å². The van der Waals surface area contributed by atoms with Gasteiger partial charge in [-0.3, -0.25) is 0 Å². The van der Waals surface area contributed by atoms with Crippen LogP contribution in [0.5, 0.6) is 5.75 Å². The standard InChI is InChI=1S/C27H32OS2/c1-5-23-13-15-25(29-23)11-8-7-10-22-18-21(4)27(19-20(22)3)28-17-9-12-26-16-14-24(6-2)30-26/h5-6,13-16,18-19H,1-2,7-12,17H2,3-4H3. The first-order chi connectivity index (χ1) is 14.6. The van der Waals surface area contributed by atoms with Crippen molar-refractivity contribution in [2.24, 2.45) is 0 Å². The third kappa shape index (κ3) is 6.45. The number of hydrogen-bond donors (Lipinski definition) is 0. The van der Waals surface area contributed by atoms with Crippen molar-refractivity contribution in [1.82, 2.24) is 0 Å². The smallest absolute Gasteiger partial charge is 0.122 e. The topological polar surface area (TPSA) is 9.23 Å². The number of unbranched alkanes of at least 4 members (excludes halogenated alkanes) is 1. The fourth-order valence-corrected chi connectivity index (χ4v) is 5.40. The minimum Gasteiger partial charge on any atom is -0.493 e. The van der Waals surface area contributed by atoms with Crippen molar-refractivity contribution in [3.05, 3.63) is 85.8 Å². The zero-order valence-electron chi connectivity index (χ0n) is 18.2. The third-order valence-electron chi connectivity index (χ3n) is 5.35. The van der Waals surface area contributed by atoms with Gasteiger partial charge in [-0.25, -0.2) is 0 Å². The number of benzene rings is 1. The molecule has 0 N–H and O–H groups in total. The molecule has 1 nitrogen and oxygen atoms in total. The maximum absolute atomic E-state index is 6.10. The van der Waals surface area contributed by atoms with E-state index in [0.717, 1.165) is 38.0 Å². The number of rotatable bonds is 12. The van der Waals surface area contributed by atoms with E-state index in [1.54, 1.807) is 0 Å². The van der Waals surface area contributed by atoms with Crippen molar-refractivity contribution in [2.45, 2.75) is 52.4 Å². The minimum absolute atomic E-state index is 0.758. The highest BCUT2D eigenvalue weighted by molar-refractivity contribution is 7.13. The van der Waals surface area contributed by atoms with Crippen molar-refractivity contribution in [1.29, 1.82) is 0 Å². The Kier molecular flexibility index (Phi) is 8.53. The van der Waals surface area contributed by atoms with Crippen molar-refractivity contribution < 1.29 is 4.74 Å². The maximum atomic E-state index is 6.10. The van der Waals surface area contributed by atoms with Crippen LogP contribution in [0, 0.1) is 13.8 Å². The van der Waals surface area contributed by atoms with Gasteiger partial charge < -0.3 is 4.74 Å². The van der Waals surface area contributed by atoms with Gasteiger partial charge in [0.2, 0.25) is 0 Å². The first kappa shape index (κ1) is 22.6. The lowest BCUT2D eigenvalue weighted by Gasteiger charge is -2.13. The molecular weight excluding hydrogens is 404 g/mol. The van der Waals surface area contributed by atoms with Gasteiger partial charge in [0, 0.05) is 19.5 Å². The largest absolute Gasteiger partial charge is 0.493 e. The molecule has 0 aliphatic carbocycles. The normalized spacial score (nSPS) is 10.9. The van der Waals surface area contributed by atoms with Gasteiger partial charge >= 0.3 is 0 Å². The Balaban J connectivity index is 1.43. The van der Waals surface area contributed by atoms with Crippen molar-refractivity contribution >= 4 is 34.8 Å². The van der Waals surface area contributed by atoms with Crippen LogP contribution in [0.2, 0.25) is 0 Å². The van der Waals surface area contributed by atoms with E-state index >= 15 is 0 Å². The predicted octanol–water partition coefficient (Wildman–Crippen LogP) is 8.29. The summed E-state index contributed by atoms with van der Waals surface area (Å²) in [6.07, 6.45) is 10.7. The monoisotopic (exact) mass is 436 g/mol. The summed E-state index contributed by atoms with van der Waals surface area (Å²) in [7, 11) is 0. The van der Waals surface area contributed by atoms with Crippen LogP contribution >= 0.6 is 22.7 Å². The SMILES string of the molecule is C=Cc1ccc(CCCCc2cc(C)c(OCCCc3ccc(C=C)s3)cc2C)s1. The first-order valence-corrected chi connectivity index (χ1v) is 12.4. The van der Waals surface area contributed by atoms with E-state index in [4.69, 9.17) is 4.74 Å². The van der Waals surface area contributed by atoms with Crippen molar-refractivity contribution in [2.75, 3.05) is 6.61 Å². The molecule has 2 aromatic heterocycles. The summed E-state index contributed by atoms with van der Waals surface area (Å²) >= 11 is 3.68. The molecule has 0 radical (unpaired) electrons. The summed E-state index contributed by atoms with van der Waals surface area (Å²) in [6, 6.07) is 13.3. The van der Waals surface area contributed by atoms with E-state index in [2.05, 4.69) is 63.4 Å². The Labute approximate surface area is 189 Å². The number of thiophene rings is 2. The van der Waals surface area contributed by atoms with Crippen LogP contribution in [0.15, 0.2) is 49.6 Å². The molecule has 1 aromatic carbocycles. The molecule has 0 unspecified atom stereocenters. The highest BCUT2D eigenvalue weighted by Crippen LogP contribution is 2.26. The molecule has 0 bridgehead atoms. The Morgan fingerprint density at radius 1 is 0.767 bits per heavy atom. The van der Waals surface area contributed by atoms with Gasteiger partial charge in [0.25, 0.3) is 0 Å². The lowest BCUT2D eigenvalue weighted by molar-refractivity contribution is 0.309. The van der Waals surface area contributed by atoms with Crippen LogP contribution < -0.4 is 4.74 Å². The molecule has 3 heteroatoms. The molecule has 0 amide bonds. The van der Waals surface area contributed by atoms with E-state index < -0.39 is 0 Å². The number of ether oxygens (including phenoxy) is 1. The Hall–Kier alpha value is -2.10. The lowest BCUT2D eigenvalue weighted by atomic mass is 9.99. The summed E-state index contributed by atoms with van der Waals surface area (Å²) in [5, 5.41) is 0. The van der Waals surface area contributed by atoms with Crippen LogP contribution in [0.4, 0.5) is 0 Å². The molecule has 0 saturated heterocycles. The molecular formula is C27H32OS2. The van der Waals surface area contributed by atoms with Gasteiger partial charge in [-0.2, -0.15) is 0 Å². The highest BCUT2D eigenvalue weighted by atomic mass is 32.1. The lowest BCUT2D eigenvalue weighted by Crippen LogP contribution is -2.02. The van der Waals surface area contributed by atoms with Gasteiger partial charge in [-0.1, -0.05) is 31.4 Å². The molecule has 30 heavy (non-hydrogen) atoms. The van der Waals surface area contributed by atoms with Crippen LogP contribution in [0.25, 0.3) is 12.2 Å². The predicted molar refractivity (Wildman–Crippen MR) is 135 cm³/mol. The summed E-state index contributed by atoms with van der Waals surface area (Å²) in [4.78, 5) is 5.37. The quantitative estimate of drug-likeness (QED) is 0.259. The van der Waals surface area contributed by atoms with Gasteiger partial charge in [-0.05, 0) is 99.4 Å². The molecule has 3 rings (SSSR count). The molecule has 0 aliphatic rings. The summed E-state index contributed by atoms with van der Waals surface area (Å²) in [5.41, 5.74) is 4.04. The maximum Gasteiger partial charge on any atom is 0.122 e. The summed E-state index contributed by atoms with van der Waals surface area (Å²) in [6.45, 7) is 12.8. The van der Waals surface area contributed by atoms with Gasteiger partial charge in [0.1, 0.15) is 5.75 Å². The second-order valence-electron chi connectivity index (χ2n) is 7.72. The number of hydrogen-bond acceptors (Lipinski definition) is 3. The highest BCUT2D eigenvalue weighted by Gasteiger charge is 2.07. The molecule has 2 heterocycles. The Morgan fingerprint density at radius 2 is 1.37 bits per heavy atom. The van der Waals surface area contributed by atoms with Gasteiger partial charge in [0.15, 0.2) is 0 Å². The summed E-state index contributed by atoms with van der Waals surface area (Å²) in [5.74, 6) is 1.03. The van der Waals surface area contributed by atoms with Crippen molar-refractivity contribution in [3.8, 4) is 5.75 Å². The molecule has 3 aromatic rings. The number of aryl methyl sites for hydroxylation is 5. The molecule has 0 aliphatic heterocycles. The van der Waals surface area contributed by atoms with E-state index in [0.29, 0.717) is 0 Å². The average Bonchev–Trinajstić information content (AvgIpc) is 3.40. The van der Waals surface area contributed by atoms with Crippen LogP contribution in [-0.4, -0.2) is 6.61 Å². The third-order valence-corrected chi connectivity index (χ3v) is 7.63. The Bertz CT molecular complexity index is 897. The van der Waals surface area contributed by atoms with E-state index in [1.807, 2.05) is 34.8 Å². The Morgan fingerprint density at radius 3 is 1.97 bits per heavy atom. The second-order valence-corrected chi connectivity index (χ2v) is 10.1. The molecule has 158 valence electrons. The average molecular weight is 437 g/mol. The molecule has 0 saturated carbocycles. The van der Waals surface area contributed by atoms with Gasteiger partial charge in [-0.15, -0.1) is 22.7 Å².